The molecule has 2 aliphatic heterocycles. The highest BCUT2D eigenvalue weighted by molar-refractivity contribution is 8.08. The van der Waals surface area contributed by atoms with E-state index < -0.39 is 5.60 Å². The second kappa shape index (κ2) is 7.78. The fourth-order valence-electron chi connectivity index (χ4n) is 5.42. The van der Waals surface area contributed by atoms with Crippen LogP contribution in [0.2, 0.25) is 0 Å². The van der Waals surface area contributed by atoms with Crippen LogP contribution in [0.15, 0.2) is 42.7 Å². The van der Waals surface area contributed by atoms with Gasteiger partial charge in [0.25, 0.3) is 0 Å². The molecule has 0 bridgehead atoms. The van der Waals surface area contributed by atoms with E-state index in [1.165, 1.54) is 0 Å². The summed E-state index contributed by atoms with van der Waals surface area (Å²) in [5, 5.41) is 18.4. The van der Waals surface area contributed by atoms with Crippen molar-refractivity contribution in [3.05, 3.63) is 53.9 Å². The van der Waals surface area contributed by atoms with Gasteiger partial charge in [-0.2, -0.15) is 5.10 Å². The molecule has 0 spiro atoms. The summed E-state index contributed by atoms with van der Waals surface area (Å²) in [6.45, 7) is 0.776. The van der Waals surface area contributed by atoms with E-state index in [0.29, 0.717) is 18.8 Å². The highest BCUT2D eigenvalue weighted by Crippen LogP contribution is 2.50. The Balaban J connectivity index is 1.37. The van der Waals surface area contributed by atoms with E-state index in [1.54, 1.807) is 25.1 Å². The van der Waals surface area contributed by atoms with Gasteiger partial charge < -0.3 is 14.7 Å². The van der Waals surface area contributed by atoms with Crippen LogP contribution in [0.4, 0.5) is 0 Å². The molecule has 3 heterocycles. The number of aromatic amines is 1. The number of thioether (sulfide) groups is 1. The molecule has 2 N–H and O–H groups in total. The van der Waals surface area contributed by atoms with Crippen LogP contribution in [-0.2, 0) is 10.4 Å². The second-order valence-electron chi connectivity index (χ2n) is 8.58. The van der Waals surface area contributed by atoms with Gasteiger partial charge in [-0.15, -0.1) is 11.8 Å². The van der Waals surface area contributed by atoms with E-state index in [2.05, 4.69) is 21.2 Å². The van der Waals surface area contributed by atoms with Crippen molar-refractivity contribution in [2.75, 3.05) is 19.4 Å². The third-order valence-corrected chi connectivity index (χ3v) is 8.04. The Morgan fingerprint density at radius 3 is 3.03 bits per heavy atom. The standard InChI is InChI=1S/C23H27N3O3S/c1-29-20-7-3-2-6-18(20)23(28)10-15-5-4-8-26(19(15)11-23)22(27)16-9-21(30-14-16)17-12-24-25-13-17/h2-3,6-7,9,12-13,15-16,19,28H,4-5,8,10-11,14H2,1H3,(H,24,25). The first-order valence-corrected chi connectivity index (χ1v) is 11.6. The smallest absolute Gasteiger partial charge is 0.230 e. The number of aromatic nitrogens is 2. The van der Waals surface area contributed by atoms with Gasteiger partial charge in [-0.3, -0.25) is 9.89 Å². The summed E-state index contributed by atoms with van der Waals surface area (Å²) in [6.07, 6.45) is 9.05. The Labute approximate surface area is 180 Å². The number of amides is 1. The predicted octanol–water partition coefficient (Wildman–Crippen LogP) is 3.41. The number of ether oxygens (including phenoxy) is 1. The number of benzene rings is 1. The number of para-hydroxylation sites is 1. The lowest BCUT2D eigenvalue weighted by Crippen LogP contribution is -2.48. The van der Waals surface area contributed by atoms with Gasteiger partial charge in [-0.05, 0) is 31.2 Å². The third-order valence-electron chi connectivity index (χ3n) is 6.83. The minimum Gasteiger partial charge on any atom is -0.496 e. The Kier molecular flexibility index (Phi) is 5.11. The molecule has 3 aliphatic rings. The molecule has 1 aromatic carbocycles. The fourth-order valence-corrected chi connectivity index (χ4v) is 6.55. The number of hydrogen-bond donors (Lipinski definition) is 2. The van der Waals surface area contributed by atoms with Crippen molar-refractivity contribution >= 4 is 22.6 Å². The van der Waals surface area contributed by atoms with E-state index >= 15 is 0 Å². The molecule has 1 saturated carbocycles. The van der Waals surface area contributed by atoms with Crippen LogP contribution in [0.1, 0.15) is 36.8 Å². The van der Waals surface area contributed by atoms with Crippen molar-refractivity contribution in [1.82, 2.24) is 15.1 Å². The molecule has 2 fully saturated rings. The van der Waals surface area contributed by atoms with Crippen molar-refractivity contribution < 1.29 is 14.6 Å². The normalized spacial score (nSPS) is 30.8. The zero-order valence-corrected chi connectivity index (χ0v) is 17.9. The highest BCUT2D eigenvalue weighted by Gasteiger charge is 2.51. The first-order valence-electron chi connectivity index (χ1n) is 10.6. The maximum Gasteiger partial charge on any atom is 0.230 e. The van der Waals surface area contributed by atoms with Gasteiger partial charge in [0.15, 0.2) is 0 Å². The Hall–Kier alpha value is -2.25. The maximum absolute atomic E-state index is 13.5. The summed E-state index contributed by atoms with van der Waals surface area (Å²) in [5.41, 5.74) is 0.929. The van der Waals surface area contributed by atoms with Gasteiger partial charge in [0.2, 0.25) is 5.91 Å². The van der Waals surface area contributed by atoms with E-state index in [4.69, 9.17) is 4.74 Å². The lowest BCUT2D eigenvalue weighted by molar-refractivity contribution is -0.138. The summed E-state index contributed by atoms with van der Waals surface area (Å²) >= 11 is 1.72. The molecular weight excluding hydrogens is 398 g/mol. The molecule has 1 amide bonds. The van der Waals surface area contributed by atoms with Gasteiger partial charge in [-0.1, -0.05) is 24.3 Å². The summed E-state index contributed by atoms with van der Waals surface area (Å²) in [4.78, 5) is 16.6. The number of hydrogen-bond acceptors (Lipinski definition) is 5. The van der Waals surface area contributed by atoms with Gasteiger partial charge >= 0.3 is 0 Å². The van der Waals surface area contributed by atoms with Crippen LogP contribution >= 0.6 is 11.8 Å². The predicted molar refractivity (Wildman–Crippen MR) is 117 cm³/mol. The molecule has 1 aliphatic carbocycles. The van der Waals surface area contributed by atoms with Crippen LogP contribution in [0.3, 0.4) is 0 Å². The zero-order valence-electron chi connectivity index (χ0n) is 17.1. The van der Waals surface area contributed by atoms with E-state index in [1.807, 2.05) is 30.5 Å². The lowest BCUT2D eigenvalue weighted by atomic mass is 9.89. The molecule has 4 atom stereocenters. The Morgan fingerprint density at radius 1 is 1.37 bits per heavy atom. The van der Waals surface area contributed by atoms with Gasteiger partial charge in [0, 0.05) is 47.0 Å². The molecule has 1 aromatic heterocycles. The molecular formula is C23H27N3O3S. The van der Waals surface area contributed by atoms with Crippen molar-refractivity contribution in [2.45, 2.75) is 37.3 Å². The topological polar surface area (TPSA) is 78.5 Å². The van der Waals surface area contributed by atoms with Crippen molar-refractivity contribution in [1.29, 1.82) is 0 Å². The Morgan fingerprint density at radius 2 is 2.23 bits per heavy atom. The zero-order chi connectivity index (χ0) is 20.7. The number of nitrogens with zero attached hydrogens (tertiary/aromatic N) is 2. The van der Waals surface area contributed by atoms with Crippen LogP contribution in [0.25, 0.3) is 4.91 Å². The fraction of sp³-hybridized carbons (Fsp3) is 0.478. The number of fused-ring (bicyclic) bond motifs is 1. The van der Waals surface area contributed by atoms with E-state index in [9.17, 15) is 9.90 Å². The monoisotopic (exact) mass is 425 g/mol. The molecule has 158 valence electrons. The minimum atomic E-state index is -0.951. The number of methoxy groups -OCH3 is 1. The molecule has 30 heavy (non-hydrogen) atoms. The molecule has 7 heteroatoms. The molecule has 4 unspecified atom stereocenters. The SMILES string of the molecule is COc1ccccc1C1(O)CC2CCCN(C(=O)C3C=C(c4cn[nH]c4)SC3)C2C1. The van der Waals surface area contributed by atoms with Crippen LogP contribution in [0.5, 0.6) is 5.75 Å². The van der Waals surface area contributed by atoms with Crippen LogP contribution < -0.4 is 4.74 Å². The number of H-pyrrole nitrogens is 1. The second-order valence-corrected chi connectivity index (χ2v) is 9.64. The third kappa shape index (κ3) is 3.34. The first-order chi connectivity index (χ1) is 14.6. The molecule has 6 nitrogen and oxygen atoms in total. The van der Waals surface area contributed by atoms with Gasteiger partial charge in [0.05, 0.1) is 24.8 Å². The van der Waals surface area contributed by atoms with Crippen molar-refractivity contribution in [3.8, 4) is 5.75 Å². The minimum absolute atomic E-state index is 0.0811. The summed E-state index contributed by atoms with van der Waals surface area (Å²) in [5.74, 6) is 1.89. The molecule has 5 rings (SSSR count). The number of likely N-dealkylation sites (tertiary alicyclic amines) is 1. The molecule has 1 saturated heterocycles. The van der Waals surface area contributed by atoms with Crippen LogP contribution in [0, 0.1) is 11.8 Å². The first kappa shape index (κ1) is 19.7. The van der Waals surface area contributed by atoms with Crippen molar-refractivity contribution in [2.24, 2.45) is 11.8 Å². The highest BCUT2D eigenvalue weighted by atomic mass is 32.2. The van der Waals surface area contributed by atoms with Gasteiger partial charge in [-0.25, -0.2) is 0 Å². The number of aliphatic hydroxyl groups is 1. The molecule has 0 radical (unpaired) electrons. The summed E-state index contributed by atoms with van der Waals surface area (Å²) in [7, 11) is 1.64. The quantitative estimate of drug-likeness (QED) is 0.785. The summed E-state index contributed by atoms with van der Waals surface area (Å²) < 4.78 is 5.52. The average molecular weight is 426 g/mol. The largest absolute Gasteiger partial charge is 0.496 e. The van der Waals surface area contributed by atoms with E-state index in [-0.39, 0.29) is 17.9 Å². The molecule has 2 aromatic rings. The lowest BCUT2D eigenvalue weighted by Gasteiger charge is -2.38. The Bertz CT molecular complexity index is 960. The number of carbonyl (C=O) groups excluding carboxylic acids is 1. The van der Waals surface area contributed by atoms with E-state index in [0.717, 1.165) is 46.9 Å². The summed E-state index contributed by atoms with van der Waals surface area (Å²) in [6, 6.07) is 7.80. The maximum atomic E-state index is 13.5. The number of nitrogens with one attached hydrogen (secondary N) is 1. The van der Waals surface area contributed by atoms with Crippen LogP contribution in [-0.4, -0.2) is 51.6 Å². The number of rotatable bonds is 4. The number of piperidine rings is 1. The van der Waals surface area contributed by atoms with Crippen molar-refractivity contribution in [3.63, 3.8) is 0 Å². The van der Waals surface area contributed by atoms with Gasteiger partial charge in [0.1, 0.15) is 5.75 Å². The number of carbonyl (C=O) groups is 1. The average Bonchev–Trinajstić information content (AvgIpc) is 3.51.